The van der Waals surface area contributed by atoms with E-state index in [4.69, 9.17) is 4.74 Å². The summed E-state index contributed by atoms with van der Waals surface area (Å²) in [4.78, 5) is 2.38. The van der Waals surface area contributed by atoms with Gasteiger partial charge in [-0.25, -0.2) is 0 Å². The fourth-order valence-electron chi connectivity index (χ4n) is 2.16. The molecular formula is C15H24BrNO. The van der Waals surface area contributed by atoms with E-state index in [-0.39, 0.29) is 0 Å². The van der Waals surface area contributed by atoms with Crippen LogP contribution in [0.4, 0.5) is 0 Å². The quantitative estimate of drug-likeness (QED) is 0.775. The van der Waals surface area contributed by atoms with Crippen LogP contribution in [0.3, 0.4) is 0 Å². The predicted octanol–water partition coefficient (Wildman–Crippen LogP) is 4.32. The minimum atomic E-state index is 0.577. The van der Waals surface area contributed by atoms with Crippen LogP contribution in [0.2, 0.25) is 0 Å². The van der Waals surface area contributed by atoms with E-state index in [0.717, 1.165) is 22.7 Å². The number of hydrogen-bond donors (Lipinski definition) is 0. The SMILES string of the molecule is COc1ccc(Br)cc1CN(C)C(C)CC(C)C. The second kappa shape index (κ2) is 7.15. The van der Waals surface area contributed by atoms with Gasteiger partial charge in [0, 0.05) is 22.6 Å². The first-order chi connectivity index (χ1) is 8.43. The lowest BCUT2D eigenvalue weighted by Crippen LogP contribution is -2.29. The predicted molar refractivity (Wildman–Crippen MR) is 81.1 cm³/mol. The van der Waals surface area contributed by atoms with Gasteiger partial charge in [0.15, 0.2) is 0 Å². The number of halogens is 1. The number of hydrogen-bond acceptors (Lipinski definition) is 2. The van der Waals surface area contributed by atoms with Crippen LogP contribution in [0.1, 0.15) is 32.8 Å². The average molecular weight is 314 g/mol. The number of methoxy groups -OCH3 is 1. The first-order valence-electron chi connectivity index (χ1n) is 6.46. The molecule has 0 aliphatic rings. The Morgan fingerprint density at radius 3 is 2.50 bits per heavy atom. The highest BCUT2D eigenvalue weighted by atomic mass is 79.9. The van der Waals surface area contributed by atoms with E-state index < -0.39 is 0 Å². The van der Waals surface area contributed by atoms with Gasteiger partial charge in [0.25, 0.3) is 0 Å². The summed E-state index contributed by atoms with van der Waals surface area (Å²) < 4.78 is 6.51. The summed E-state index contributed by atoms with van der Waals surface area (Å²) in [6.07, 6.45) is 1.22. The standard InChI is InChI=1S/C15H24BrNO/c1-11(2)8-12(3)17(4)10-13-9-14(16)6-7-15(13)18-5/h6-7,9,11-12H,8,10H2,1-5H3. The maximum atomic E-state index is 5.41. The summed E-state index contributed by atoms with van der Waals surface area (Å²) in [5.74, 6) is 1.69. The van der Waals surface area contributed by atoms with Gasteiger partial charge in [0.05, 0.1) is 7.11 Å². The Hall–Kier alpha value is -0.540. The van der Waals surface area contributed by atoms with Crippen molar-refractivity contribution in [1.82, 2.24) is 4.90 Å². The van der Waals surface area contributed by atoms with Gasteiger partial charge in [-0.15, -0.1) is 0 Å². The second-order valence-corrected chi connectivity index (χ2v) is 6.27. The maximum absolute atomic E-state index is 5.41. The van der Waals surface area contributed by atoms with Crippen LogP contribution >= 0.6 is 15.9 Å². The Kier molecular flexibility index (Phi) is 6.16. The van der Waals surface area contributed by atoms with Crippen LogP contribution in [0.5, 0.6) is 5.75 Å². The molecule has 3 heteroatoms. The Bertz CT molecular complexity index is 379. The van der Waals surface area contributed by atoms with E-state index in [1.54, 1.807) is 7.11 Å². The average Bonchev–Trinajstić information content (AvgIpc) is 2.28. The molecule has 0 aliphatic heterocycles. The van der Waals surface area contributed by atoms with Crippen LogP contribution in [-0.2, 0) is 6.54 Å². The molecule has 0 radical (unpaired) electrons. The Morgan fingerprint density at radius 1 is 1.28 bits per heavy atom. The zero-order chi connectivity index (χ0) is 13.7. The van der Waals surface area contributed by atoms with Crippen molar-refractivity contribution in [3.63, 3.8) is 0 Å². The zero-order valence-electron chi connectivity index (χ0n) is 12.0. The molecule has 0 N–H and O–H groups in total. The molecular weight excluding hydrogens is 290 g/mol. The third kappa shape index (κ3) is 4.62. The summed E-state index contributed by atoms with van der Waals surface area (Å²) in [5, 5.41) is 0. The second-order valence-electron chi connectivity index (χ2n) is 5.35. The van der Waals surface area contributed by atoms with E-state index in [0.29, 0.717) is 6.04 Å². The highest BCUT2D eigenvalue weighted by Crippen LogP contribution is 2.25. The van der Waals surface area contributed by atoms with Crippen molar-refractivity contribution in [3.8, 4) is 5.75 Å². The van der Waals surface area contributed by atoms with Crippen molar-refractivity contribution in [1.29, 1.82) is 0 Å². The molecule has 1 aromatic carbocycles. The molecule has 18 heavy (non-hydrogen) atoms. The highest BCUT2D eigenvalue weighted by molar-refractivity contribution is 9.10. The monoisotopic (exact) mass is 313 g/mol. The third-order valence-electron chi connectivity index (χ3n) is 3.23. The van der Waals surface area contributed by atoms with Crippen LogP contribution in [0, 0.1) is 5.92 Å². The van der Waals surface area contributed by atoms with E-state index in [1.165, 1.54) is 12.0 Å². The lowest BCUT2D eigenvalue weighted by molar-refractivity contribution is 0.218. The highest BCUT2D eigenvalue weighted by Gasteiger charge is 2.13. The van der Waals surface area contributed by atoms with Gasteiger partial charge in [-0.1, -0.05) is 29.8 Å². The summed E-state index contributed by atoms with van der Waals surface area (Å²) in [5.41, 5.74) is 1.23. The van der Waals surface area contributed by atoms with E-state index >= 15 is 0 Å². The van der Waals surface area contributed by atoms with Crippen molar-refractivity contribution in [2.24, 2.45) is 5.92 Å². The lowest BCUT2D eigenvalue weighted by atomic mass is 10.0. The van der Waals surface area contributed by atoms with Gasteiger partial charge in [-0.2, -0.15) is 0 Å². The van der Waals surface area contributed by atoms with Gasteiger partial charge in [0.2, 0.25) is 0 Å². The summed E-state index contributed by atoms with van der Waals surface area (Å²) >= 11 is 3.52. The van der Waals surface area contributed by atoms with Crippen LogP contribution in [0.25, 0.3) is 0 Å². The van der Waals surface area contributed by atoms with Crippen molar-refractivity contribution >= 4 is 15.9 Å². The lowest BCUT2D eigenvalue weighted by Gasteiger charge is -2.26. The molecule has 0 bridgehead atoms. The van der Waals surface area contributed by atoms with Crippen molar-refractivity contribution in [2.75, 3.05) is 14.2 Å². The van der Waals surface area contributed by atoms with Crippen LogP contribution < -0.4 is 4.74 Å². The van der Waals surface area contributed by atoms with Gasteiger partial charge in [-0.05, 0) is 44.5 Å². The third-order valence-corrected chi connectivity index (χ3v) is 3.72. The van der Waals surface area contributed by atoms with Gasteiger partial charge >= 0.3 is 0 Å². The first kappa shape index (κ1) is 15.5. The number of rotatable bonds is 6. The molecule has 1 unspecified atom stereocenters. The fraction of sp³-hybridized carbons (Fsp3) is 0.600. The molecule has 1 aromatic rings. The van der Waals surface area contributed by atoms with Crippen molar-refractivity contribution < 1.29 is 4.74 Å². The van der Waals surface area contributed by atoms with Crippen LogP contribution in [0.15, 0.2) is 22.7 Å². The topological polar surface area (TPSA) is 12.5 Å². The molecule has 0 amide bonds. The molecule has 0 aliphatic carbocycles. The summed E-state index contributed by atoms with van der Waals surface area (Å²) in [7, 11) is 3.90. The van der Waals surface area contributed by atoms with Gasteiger partial charge in [0.1, 0.15) is 5.75 Å². The Balaban J connectivity index is 2.74. The molecule has 102 valence electrons. The molecule has 0 spiro atoms. The van der Waals surface area contributed by atoms with E-state index in [1.807, 2.05) is 12.1 Å². The summed E-state index contributed by atoms with van der Waals surface area (Å²) in [6, 6.07) is 6.74. The Morgan fingerprint density at radius 2 is 1.94 bits per heavy atom. The summed E-state index contributed by atoms with van der Waals surface area (Å²) in [6.45, 7) is 7.73. The molecule has 0 heterocycles. The van der Waals surface area contributed by atoms with E-state index in [9.17, 15) is 0 Å². The number of benzene rings is 1. The normalized spacial score (nSPS) is 13.1. The minimum absolute atomic E-state index is 0.577. The molecule has 0 saturated heterocycles. The van der Waals surface area contributed by atoms with Gasteiger partial charge < -0.3 is 4.74 Å². The van der Waals surface area contributed by atoms with Gasteiger partial charge in [-0.3, -0.25) is 4.90 Å². The molecule has 2 nitrogen and oxygen atoms in total. The van der Waals surface area contributed by atoms with E-state index in [2.05, 4.69) is 54.7 Å². The molecule has 0 fully saturated rings. The molecule has 1 atom stereocenters. The smallest absolute Gasteiger partial charge is 0.123 e. The molecule has 1 rings (SSSR count). The number of nitrogens with zero attached hydrogens (tertiary/aromatic N) is 1. The number of ether oxygens (including phenoxy) is 1. The minimum Gasteiger partial charge on any atom is -0.496 e. The largest absolute Gasteiger partial charge is 0.496 e. The fourth-order valence-corrected chi connectivity index (χ4v) is 2.57. The first-order valence-corrected chi connectivity index (χ1v) is 7.26. The molecule has 0 aromatic heterocycles. The Labute approximate surface area is 119 Å². The molecule has 0 saturated carbocycles. The maximum Gasteiger partial charge on any atom is 0.123 e. The van der Waals surface area contributed by atoms with Crippen molar-refractivity contribution in [3.05, 3.63) is 28.2 Å². The van der Waals surface area contributed by atoms with Crippen LogP contribution in [-0.4, -0.2) is 25.1 Å². The van der Waals surface area contributed by atoms with Crippen molar-refractivity contribution in [2.45, 2.75) is 39.8 Å². The zero-order valence-corrected chi connectivity index (χ0v) is 13.6.